The highest BCUT2D eigenvalue weighted by Gasteiger charge is 2.47. The fourth-order valence-electron chi connectivity index (χ4n) is 2.21. The van der Waals surface area contributed by atoms with Gasteiger partial charge in [0, 0.05) is 5.92 Å². The molecule has 0 saturated heterocycles. The van der Waals surface area contributed by atoms with Gasteiger partial charge in [-0.3, -0.25) is 4.79 Å². The Morgan fingerprint density at radius 3 is 2.41 bits per heavy atom. The first-order chi connectivity index (χ1) is 7.91. The molecule has 17 heavy (non-hydrogen) atoms. The number of aliphatic hydroxyl groups excluding tert-OH is 1. The van der Waals surface area contributed by atoms with Gasteiger partial charge in [0.05, 0.1) is 0 Å². The average Bonchev–Trinajstić information content (AvgIpc) is 3.07. The standard InChI is InChI=1S/C15H20O2/c1-15(2,3)14(17)13(16)12-9-11(12)10-7-5-4-6-8-10/h4-8,11-12,14,17H,9H2,1-3H3. The van der Waals surface area contributed by atoms with E-state index in [-0.39, 0.29) is 17.1 Å². The van der Waals surface area contributed by atoms with E-state index in [0.717, 1.165) is 6.42 Å². The van der Waals surface area contributed by atoms with Crippen molar-refractivity contribution in [1.29, 1.82) is 0 Å². The number of carbonyl (C=O) groups is 1. The summed E-state index contributed by atoms with van der Waals surface area (Å²) in [5, 5.41) is 9.98. The van der Waals surface area contributed by atoms with Crippen molar-refractivity contribution in [3.05, 3.63) is 35.9 Å². The third-order valence-electron chi connectivity index (χ3n) is 3.47. The molecule has 2 rings (SSSR count). The van der Waals surface area contributed by atoms with E-state index in [1.165, 1.54) is 5.56 Å². The number of hydrogen-bond acceptors (Lipinski definition) is 2. The second-order valence-electron chi connectivity index (χ2n) is 6.03. The molecule has 3 unspecified atom stereocenters. The molecule has 0 bridgehead atoms. The Morgan fingerprint density at radius 1 is 1.29 bits per heavy atom. The average molecular weight is 232 g/mol. The van der Waals surface area contributed by atoms with E-state index in [2.05, 4.69) is 12.1 Å². The monoisotopic (exact) mass is 232 g/mol. The highest BCUT2D eigenvalue weighted by molar-refractivity contribution is 5.89. The van der Waals surface area contributed by atoms with Crippen molar-refractivity contribution in [2.24, 2.45) is 11.3 Å². The van der Waals surface area contributed by atoms with Gasteiger partial charge in [-0.25, -0.2) is 0 Å². The van der Waals surface area contributed by atoms with Gasteiger partial charge in [0.25, 0.3) is 0 Å². The van der Waals surface area contributed by atoms with Gasteiger partial charge in [0.1, 0.15) is 6.10 Å². The van der Waals surface area contributed by atoms with Gasteiger partial charge < -0.3 is 5.11 Å². The Bertz CT molecular complexity index is 403. The van der Waals surface area contributed by atoms with Crippen LogP contribution in [0.4, 0.5) is 0 Å². The SMILES string of the molecule is CC(C)(C)C(O)C(=O)C1CC1c1ccccc1. The molecule has 1 aliphatic rings. The van der Waals surface area contributed by atoms with E-state index in [9.17, 15) is 9.90 Å². The highest BCUT2D eigenvalue weighted by atomic mass is 16.3. The van der Waals surface area contributed by atoms with Crippen molar-refractivity contribution in [3.8, 4) is 0 Å². The minimum absolute atomic E-state index is 0.00588. The van der Waals surface area contributed by atoms with E-state index in [4.69, 9.17) is 0 Å². The fraction of sp³-hybridized carbons (Fsp3) is 0.533. The lowest BCUT2D eigenvalue weighted by Gasteiger charge is -2.24. The lowest BCUT2D eigenvalue weighted by molar-refractivity contribution is -0.133. The van der Waals surface area contributed by atoms with Crippen molar-refractivity contribution in [1.82, 2.24) is 0 Å². The molecule has 1 fully saturated rings. The lowest BCUT2D eigenvalue weighted by Crippen LogP contribution is -2.35. The number of carbonyl (C=O) groups excluding carboxylic acids is 1. The molecule has 0 heterocycles. The van der Waals surface area contributed by atoms with Crippen LogP contribution < -0.4 is 0 Å². The van der Waals surface area contributed by atoms with Crippen molar-refractivity contribution in [3.63, 3.8) is 0 Å². The largest absolute Gasteiger partial charge is 0.385 e. The summed E-state index contributed by atoms with van der Waals surface area (Å²) in [5.74, 6) is 0.346. The summed E-state index contributed by atoms with van der Waals surface area (Å²) >= 11 is 0. The van der Waals surface area contributed by atoms with Crippen LogP contribution in [0.3, 0.4) is 0 Å². The van der Waals surface area contributed by atoms with Crippen molar-refractivity contribution >= 4 is 5.78 Å². The number of rotatable bonds is 3. The summed E-state index contributed by atoms with van der Waals surface area (Å²) in [7, 11) is 0. The van der Waals surface area contributed by atoms with Crippen LogP contribution in [0.5, 0.6) is 0 Å². The number of Topliss-reactive ketones (excluding diaryl/α,β-unsaturated/α-hetero) is 1. The molecule has 1 aliphatic carbocycles. The normalized spacial score (nSPS) is 25.4. The smallest absolute Gasteiger partial charge is 0.165 e. The van der Waals surface area contributed by atoms with Crippen LogP contribution in [-0.2, 0) is 4.79 Å². The summed E-state index contributed by atoms with van der Waals surface area (Å²) in [4.78, 5) is 12.1. The third kappa shape index (κ3) is 2.58. The first-order valence-corrected chi connectivity index (χ1v) is 6.18. The van der Waals surface area contributed by atoms with E-state index >= 15 is 0 Å². The summed E-state index contributed by atoms with van der Waals surface area (Å²) < 4.78 is 0. The Hall–Kier alpha value is -1.15. The van der Waals surface area contributed by atoms with Gasteiger partial charge in [0.15, 0.2) is 5.78 Å². The molecule has 0 amide bonds. The summed E-state index contributed by atoms with van der Waals surface area (Å²) in [6, 6.07) is 10.1. The topological polar surface area (TPSA) is 37.3 Å². The maximum absolute atomic E-state index is 12.1. The van der Waals surface area contributed by atoms with Gasteiger partial charge in [0.2, 0.25) is 0 Å². The molecule has 2 nitrogen and oxygen atoms in total. The number of ketones is 1. The summed E-state index contributed by atoms with van der Waals surface area (Å²) in [6.07, 6.45) is 0.0388. The zero-order valence-corrected chi connectivity index (χ0v) is 10.7. The van der Waals surface area contributed by atoms with E-state index < -0.39 is 6.10 Å². The van der Waals surface area contributed by atoms with Gasteiger partial charge in [-0.1, -0.05) is 51.1 Å². The third-order valence-corrected chi connectivity index (χ3v) is 3.47. The van der Waals surface area contributed by atoms with Crippen LogP contribution in [0.15, 0.2) is 30.3 Å². The zero-order valence-electron chi connectivity index (χ0n) is 10.7. The molecule has 0 aliphatic heterocycles. The van der Waals surface area contributed by atoms with Crippen LogP contribution in [0.2, 0.25) is 0 Å². The van der Waals surface area contributed by atoms with Crippen LogP contribution in [0.25, 0.3) is 0 Å². The number of hydrogen-bond donors (Lipinski definition) is 1. The maximum Gasteiger partial charge on any atom is 0.165 e. The van der Waals surface area contributed by atoms with E-state index in [1.807, 2.05) is 39.0 Å². The zero-order chi connectivity index (χ0) is 12.6. The molecule has 1 aromatic rings. The molecule has 1 saturated carbocycles. The minimum atomic E-state index is -0.846. The van der Waals surface area contributed by atoms with Crippen molar-refractivity contribution in [2.75, 3.05) is 0 Å². The molecule has 0 spiro atoms. The molecule has 1 aromatic carbocycles. The van der Waals surface area contributed by atoms with Gasteiger partial charge in [-0.15, -0.1) is 0 Å². The van der Waals surface area contributed by atoms with Crippen LogP contribution in [-0.4, -0.2) is 17.0 Å². The molecule has 0 aromatic heterocycles. The van der Waals surface area contributed by atoms with Crippen molar-refractivity contribution < 1.29 is 9.90 Å². The second kappa shape index (κ2) is 4.26. The predicted molar refractivity (Wildman–Crippen MR) is 67.8 cm³/mol. The molecule has 0 radical (unpaired) electrons. The van der Waals surface area contributed by atoms with Gasteiger partial charge in [-0.2, -0.15) is 0 Å². The Labute approximate surface area is 103 Å². The Morgan fingerprint density at radius 2 is 1.88 bits per heavy atom. The van der Waals surface area contributed by atoms with E-state index in [0.29, 0.717) is 5.92 Å². The maximum atomic E-state index is 12.1. The highest BCUT2D eigenvalue weighted by Crippen LogP contribution is 2.49. The number of benzene rings is 1. The molecule has 3 atom stereocenters. The van der Waals surface area contributed by atoms with Crippen LogP contribution in [0, 0.1) is 11.3 Å². The summed E-state index contributed by atoms with van der Waals surface area (Å²) in [6.45, 7) is 5.69. The second-order valence-corrected chi connectivity index (χ2v) is 6.03. The van der Waals surface area contributed by atoms with Gasteiger partial charge >= 0.3 is 0 Å². The fourth-order valence-corrected chi connectivity index (χ4v) is 2.21. The van der Waals surface area contributed by atoms with Crippen LogP contribution in [0.1, 0.15) is 38.7 Å². The molecule has 1 N–H and O–H groups in total. The quantitative estimate of drug-likeness (QED) is 0.870. The lowest BCUT2D eigenvalue weighted by atomic mass is 9.85. The molecular weight excluding hydrogens is 212 g/mol. The van der Waals surface area contributed by atoms with Crippen LogP contribution >= 0.6 is 0 Å². The number of aliphatic hydroxyl groups is 1. The first kappa shape index (κ1) is 12.3. The van der Waals surface area contributed by atoms with Crippen molar-refractivity contribution in [2.45, 2.75) is 39.2 Å². The molecule has 2 heteroatoms. The first-order valence-electron chi connectivity index (χ1n) is 6.18. The van der Waals surface area contributed by atoms with Gasteiger partial charge in [-0.05, 0) is 23.3 Å². The molecular formula is C15H20O2. The summed E-state index contributed by atoms with van der Waals surface area (Å²) in [5.41, 5.74) is 0.855. The Balaban J connectivity index is 2.02. The predicted octanol–water partition coefficient (Wildman–Crippen LogP) is 2.77. The van der Waals surface area contributed by atoms with E-state index in [1.54, 1.807) is 0 Å². The Kier molecular flexibility index (Phi) is 3.09. The minimum Gasteiger partial charge on any atom is -0.385 e. The molecule has 92 valence electrons.